The summed E-state index contributed by atoms with van der Waals surface area (Å²) in [6.45, 7) is -0.157. The maximum atomic E-state index is 14.4. The molecule has 2 atom stereocenters. The number of anilines is 1. The molecule has 0 bridgehead atoms. The molecule has 0 amide bonds. The molecule has 4 aromatic carbocycles. The molecule has 212 valence electrons. The first-order valence-corrected chi connectivity index (χ1v) is 14.6. The van der Waals surface area contributed by atoms with Gasteiger partial charge in [0.25, 0.3) is 10.0 Å². The molecular formula is C30H25Cl2NO7S. The van der Waals surface area contributed by atoms with E-state index in [1.54, 1.807) is 36.4 Å². The highest BCUT2D eigenvalue weighted by Gasteiger charge is 2.60. The van der Waals surface area contributed by atoms with Crippen molar-refractivity contribution in [3.63, 3.8) is 0 Å². The zero-order valence-electron chi connectivity index (χ0n) is 22.0. The van der Waals surface area contributed by atoms with Crippen LogP contribution in [-0.2, 0) is 31.8 Å². The molecule has 4 aromatic rings. The van der Waals surface area contributed by atoms with Gasteiger partial charge in [-0.3, -0.25) is 0 Å². The zero-order chi connectivity index (χ0) is 29.4. The summed E-state index contributed by atoms with van der Waals surface area (Å²) < 4.78 is 45.9. The molecule has 1 heterocycles. The quantitative estimate of drug-likeness (QED) is 0.259. The van der Waals surface area contributed by atoms with Crippen LogP contribution in [0.4, 0.5) is 5.69 Å². The van der Waals surface area contributed by atoms with Crippen molar-refractivity contribution >= 4 is 44.9 Å². The number of nitrogens with zero attached hydrogens (tertiary/aromatic N) is 1. The van der Waals surface area contributed by atoms with Crippen LogP contribution in [0.2, 0.25) is 10.0 Å². The molecule has 41 heavy (non-hydrogen) atoms. The lowest BCUT2D eigenvalue weighted by molar-refractivity contribution is -0.151. The third kappa shape index (κ3) is 4.99. The first-order chi connectivity index (χ1) is 19.6. The second-order valence-corrected chi connectivity index (χ2v) is 11.9. The Morgan fingerprint density at radius 1 is 0.878 bits per heavy atom. The highest BCUT2D eigenvalue weighted by molar-refractivity contribution is 7.93. The van der Waals surface area contributed by atoms with Gasteiger partial charge < -0.3 is 19.3 Å². The Hall–Kier alpha value is -3.76. The van der Waals surface area contributed by atoms with Crippen molar-refractivity contribution < 1.29 is 32.5 Å². The lowest BCUT2D eigenvalue weighted by atomic mass is 9.82. The van der Waals surface area contributed by atoms with Gasteiger partial charge in [-0.2, -0.15) is 0 Å². The summed E-state index contributed by atoms with van der Waals surface area (Å²) in [5, 5.41) is 12.9. The standard InChI is InChI=1S/C30H25Cl2NO7S/c1-38-26-15-13-21(17-27(26)39-2)41(36,37)33-25-14-12-20(31)16-23(25)30(35,22-10-6-7-11-24(22)32)28(33)29(34)40-18-19-8-4-3-5-9-19/h3-17,28,35H,18H2,1-2H3. The van der Waals surface area contributed by atoms with E-state index in [2.05, 4.69) is 0 Å². The molecule has 0 radical (unpaired) electrons. The Labute approximate surface area is 247 Å². The molecule has 11 heteroatoms. The minimum Gasteiger partial charge on any atom is -0.493 e. The molecule has 0 aliphatic carbocycles. The van der Waals surface area contributed by atoms with Crippen LogP contribution in [0.5, 0.6) is 11.5 Å². The number of esters is 1. The van der Waals surface area contributed by atoms with E-state index in [1.807, 2.05) is 6.07 Å². The summed E-state index contributed by atoms with van der Waals surface area (Å²) in [7, 11) is -1.74. The van der Waals surface area contributed by atoms with Crippen molar-refractivity contribution in [3.8, 4) is 11.5 Å². The Morgan fingerprint density at radius 2 is 1.56 bits per heavy atom. The summed E-state index contributed by atoms with van der Waals surface area (Å²) >= 11 is 12.9. The molecule has 8 nitrogen and oxygen atoms in total. The van der Waals surface area contributed by atoms with E-state index in [4.69, 9.17) is 37.4 Å². The molecule has 1 aliphatic rings. The van der Waals surface area contributed by atoms with E-state index in [1.165, 1.54) is 62.8 Å². The van der Waals surface area contributed by atoms with Gasteiger partial charge in [-0.1, -0.05) is 71.7 Å². The number of rotatable bonds is 8. The van der Waals surface area contributed by atoms with Crippen molar-refractivity contribution in [1.82, 2.24) is 0 Å². The molecule has 0 saturated heterocycles. The van der Waals surface area contributed by atoms with Crippen LogP contribution in [0, 0.1) is 0 Å². The number of sulfonamides is 1. The fourth-order valence-electron chi connectivity index (χ4n) is 4.96. The smallest absolute Gasteiger partial charge is 0.334 e. The third-order valence-corrected chi connectivity index (χ3v) is 9.22. The lowest BCUT2D eigenvalue weighted by Crippen LogP contribution is -2.53. The van der Waals surface area contributed by atoms with Gasteiger partial charge in [0.05, 0.1) is 24.8 Å². The van der Waals surface area contributed by atoms with Gasteiger partial charge in [-0.15, -0.1) is 0 Å². The van der Waals surface area contributed by atoms with E-state index in [0.29, 0.717) is 11.3 Å². The maximum absolute atomic E-state index is 14.4. The van der Waals surface area contributed by atoms with Gasteiger partial charge in [0.2, 0.25) is 0 Å². The molecule has 0 aromatic heterocycles. The van der Waals surface area contributed by atoms with Crippen LogP contribution in [0.25, 0.3) is 0 Å². The SMILES string of the molecule is COc1ccc(S(=O)(=O)N2c3ccc(Cl)cc3C(O)(c3ccccc3Cl)C2C(=O)OCc2ccccc2)cc1OC. The summed E-state index contributed by atoms with van der Waals surface area (Å²) in [4.78, 5) is 13.8. The maximum Gasteiger partial charge on any atom is 0.334 e. The fourth-order valence-corrected chi connectivity index (χ4v) is 7.07. The van der Waals surface area contributed by atoms with Gasteiger partial charge in [0.1, 0.15) is 6.61 Å². The summed E-state index contributed by atoms with van der Waals surface area (Å²) in [6.07, 6.45) is 0. The number of hydrogen-bond donors (Lipinski definition) is 1. The first-order valence-electron chi connectivity index (χ1n) is 12.4. The predicted octanol–water partition coefficient (Wildman–Crippen LogP) is 5.57. The van der Waals surface area contributed by atoms with Crippen molar-refractivity contribution in [2.45, 2.75) is 23.1 Å². The van der Waals surface area contributed by atoms with Gasteiger partial charge in [0.15, 0.2) is 23.1 Å². The van der Waals surface area contributed by atoms with E-state index < -0.39 is 27.6 Å². The third-order valence-electron chi connectivity index (χ3n) is 6.88. The van der Waals surface area contributed by atoms with E-state index in [-0.39, 0.29) is 44.1 Å². The Balaban J connectivity index is 1.73. The van der Waals surface area contributed by atoms with Crippen LogP contribution < -0.4 is 13.8 Å². The number of aliphatic hydroxyl groups is 1. The molecule has 1 N–H and O–H groups in total. The van der Waals surface area contributed by atoms with Crippen molar-refractivity contribution in [1.29, 1.82) is 0 Å². The Bertz CT molecular complexity index is 1720. The van der Waals surface area contributed by atoms with E-state index in [9.17, 15) is 18.3 Å². The Kier molecular flexibility index (Phi) is 7.89. The second kappa shape index (κ2) is 11.3. The highest BCUT2D eigenvalue weighted by Crippen LogP contribution is 2.52. The number of halogens is 2. The number of ether oxygens (including phenoxy) is 3. The number of methoxy groups -OCH3 is 2. The zero-order valence-corrected chi connectivity index (χ0v) is 24.3. The molecule has 5 rings (SSSR count). The van der Waals surface area contributed by atoms with Crippen LogP contribution >= 0.6 is 23.2 Å². The number of hydrogen-bond acceptors (Lipinski definition) is 7. The minimum absolute atomic E-state index is 0.0354. The molecule has 0 fully saturated rings. The summed E-state index contributed by atoms with van der Waals surface area (Å²) in [5.74, 6) is -0.521. The average Bonchev–Trinajstić information content (AvgIpc) is 3.25. The normalized spacial score (nSPS) is 18.1. The molecule has 2 unspecified atom stereocenters. The monoisotopic (exact) mass is 613 g/mol. The minimum atomic E-state index is -4.54. The second-order valence-electron chi connectivity index (χ2n) is 9.22. The van der Waals surface area contributed by atoms with E-state index in [0.717, 1.165) is 4.31 Å². The summed E-state index contributed by atoms with van der Waals surface area (Å²) in [5.41, 5.74) is -1.38. The number of carbonyl (C=O) groups excluding carboxylic acids is 1. The average molecular weight is 615 g/mol. The highest BCUT2D eigenvalue weighted by atomic mass is 35.5. The van der Waals surface area contributed by atoms with Gasteiger partial charge in [0, 0.05) is 27.2 Å². The van der Waals surface area contributed by atoms with E-state index >= 15 is 0 Å². The summed E-state index contributed by atoms with van der Waals surface area (Å²) in [6, 6.07) is 21.8. The molecular weight excluding hydrogens is 589 g/mol. The predicted molar refractivity (Wildman–Crippen MR) is 155 cm³/mol. The number of benzene rings is 4. The Morgan fingerprint density at radius 3 is 2.24 bits per heavy atom. The van der Waals surface area contributed by atoms with Crippen LogP contribution in [-0.4, -0.2) is 39.8 Å². The molecule has 1 aliphatic heterocycles. The first kappa shape index (κ1) is 28.8. The molecule has 0 saturated carbocycles. The number of carbonyl (C=O) groups is 1. The fraction of sp³-hybridized carbons (Fsp3) is 0.167. The van der Waals surface area contributed by atoms with Crippen molar-refractivity contribution in [2.75, 3.05) is 18.5 Å². The molecule has 0 spiro atoms. The van der Waals surface area contributed by atoms with Crippen LogP contribution in [0.3, 0.4) is 0 Å². The van der Waals surface area contributed by atoms with Crippen LogP contribution in [0.15, 0.2) is 95.9 Å². The van der Waals surface area contributed by atoms with Crippen molar-refractivity contribution in [3.05, 3.63) is 118 Å². The van der Waals surface area contributed by atoms with Gasteiger partial charge in [-0.05, 0) is 42.0 Å². The van der Waals surface area contributed by atoms with Crippen molar-refractivity contribution in [2.24, 2.45) is 0 Å². The lowest BCUT2D eigenvalue weighted by Gasteiger charge is -2.34. The van der Waals surface area contributed by atoms with Gasteiger partial charge in [-0.25, -0.2) is 17.5 Å². The van der Waals surface area contributed by atoms with Gasteiger partial charge >= 0.3 is 5.97 Å². The van der Waals surface area contributed by atoms with Crippen LogP contribution in [0.1, 0.15) is 16.7 Å². The largest absolute Gasteiger partial charge is 0.493 e. The number of fused-ring (bicyclic) bond motifs is 1. The topological polar surface area (TPSA) is 102 Å².